The van der Waals surface area contributed by atoms with E-state index in [0.717, 1.165) is 5.56 Å². The zero-order valence-electron chi connectivity index (χ0n) is 8.10. The Balaban J connectivity index is 2.78. The Hall–Kier alpha value is -2.10. The van der Waals surface area contributed by atoms with Crippen molar-refractivity contribution in [2.24, 2.45) is 5.73 Å². The number of carboxylic acid groups (broad SMARTS) is 1. The fourth-order valence-corrected chi connectivity index (χ4v) is 1.11. The van der Waals surface area contributed by atoms with Crippen molar-refractivity contribution in [1.82, 2.24) is 0 Å². The van der Waals surface area contributed by atoms with Gasteiger partial charge in [-0.05, 0) is 11.6 Å². The summed E-state index contributed by atoms with van der Waals surface area (Å²) in [4.78, 5) is 10.3. The highest BCUT2D eigenvalue weighted by molar-refractivity contribution is 5.95. The molecule has 0 aliphatic carbocycles. The maximum absolute atomic E-state index is 10.3. The first-order valence-electron chi connectivity index (χ1n) is 4.42. The summed E-state index contributed by atoms with van der Waals surface area (Å²) in [6.45, 7) is 0. The van der Waals surface area contributed by atoms with Crippen LogP contribution in [0.1, 0.15) is 17.5 Å². The van der Waals surface area contributed by atoms with E-state index in [2.05, 4.69) is 0 Å². The number of hydrogen-bond acceptors (Lipinski definition) is 2. The van der Waals surface area contributed by atoms with Gasteiger partial charge in [-0.2, -0.15) is 0 Å². The summed E-state index contributed by atoms with van der Waals surface area (Å²) in [5.41, 5.74) is 6.79. The molecule has 0 saturated heterocycles. The van der Waals surface area contributed by atoms with Crippen molar-refractivity contribution in [2.45, 2.75) is 6.42 Å². The van der Waals surface area contributed by atoms with E-state index in [9.17, 15) is 4.79 Å². The Bertz CT molecular complexity index is 411. The van der Waals surface area contributed by atoms with Crippen LogP contribution in [-0.2, 0) is 4.79 Å². The minimum absolute atomic E-state index is 0.00323. The van der Waals surface area contributed by atoms with Crippen molar-refractivity contribution in [2.75, 3.05) is 0 Å². The number of nitrogens with two attached hydrogens (primary N) is 1. The number of amidine groups is 1. The molecule has 0 unspecified atom stereocenters. The normalized spacial score (nSPS) is 10.4. The lowest BCUT2D eigenvalue weighted by molar-refractivity contribution is -0.135. The van der Waals surface area contributed by atoms with Crippen molar-refractivity contribution in [3.63, 3.8) is 0 Å². The van der Waals surface area contributed by atoms with Gasteiger partial charge in [-0.25, -0.2) is 0 Å². The average molecular weight is 204 g/mol. The number of rotatable bonds is 4. The van der Waals surface area contributed by atoms with E-state index in [-0.39, 0.29) is 12.3 Å². The van der Waals surface area contributed by atoms with Gasteiger partial charge < -0.3 is 10.8 Å². The van der Waals surface area contributed by atoms with Crippen LogP contribution in [0.25, 0.3) is 6.08 Å². The van der Waals surface area contributed by atoms with E-state index in [1.165, 1.54) is 0 Å². The molecular formula is C11H12N2O2. The summed E-state index contributed by atoms with van der Waals surface area (Å²) in [7, 11) is 0. The number of nitrogens with one attached hydrogen (secondary N) is 1. The molecule has 0 amide bonds. The summed E-state index contributed by atoms with van der Waals surface area (Å²) in [5, 5.41) is 15.7. The zero-order chi connectivity index (χ0) is 11.3. The van der Waals surface area contributed by atoms with Gasteiger partial charge in [-0.1, -0.05) is 30.4 Å². The molecule has 0 fully saturated rings. The van der Waals surface area contributed by atoms with Gasteiger partial charge in [0, 0.05) is 5.56 Å². The van der Waals surface area contributed by atoms with Gasteiger partial charge in [0.15, 0.2) is 0 Å². The Labute approximate surface area is 87.5 Å². The van der Waals surface area contributed by atoms with Crippen molar-refractivity contribution in [3.8, 4) is 0 Å². The Morgan fingerprint density at radius 3 is 2.87 bits per heavy atom. The van der Waals surface area contributed by atoms with Crippen LogP contribution < -0.4 is 5.73 Å². The monoisotopic (exact) mass is 204 g/mol. The van der Waals surface area contributed by atoms with Gasteiger partial charge >= 0.3 is 5.97 Å². The predicted molar refractivity (Wildman–Crippen MR) is 58.7 cm³/mol. The third-order valence-electron chi connectivity index (χ3n) is 1.80. The second-order valence-electron chi connectivity index (χ2n) is 3.04. The van der Waals surface area contributed by atoms with E-state index in [4.69, 9.17) is 16.2 Å². The minimum atomic E-state index is -0.867. The van der Waals surface area contributed by atoms with Gasteiger partial charge in [-0.3, -0.25) is 10.2 Å². The minimum Gasteiger partial charge on any atom is -0.481 e. The van der Waals surface area contributed by atoms with Crippen LogP contribution in [0.4, 0.5) is 0 Å². The molecule has 15 heavy (non-hydrogen) atoms. The number of carboxylic acids is 1. The molecule has 0 aliphatic rings. The SMILES string of the molecule is N=C(N)c1cccc(C=CCC(=O)O)c1. The molecule has 0 heterocycles. The Morgan fingerprint density at radius 2 is 2.27 bits per heavy atom. The van der Waals surface area contributed by atoms with E-state index >= 15 is 0 Å². The van der Waals surface area contributed by atoms with Gasteiger partial charge in [0.05, 0.1) is 6.42 Å². The molecule has 1 rings (SSSR count). The fourth-order valence-electron chi connectivity index (χ4n) is 1.11. The van der Waals surface area contributed by atoms with Crippen LogP contribution in [0.3, 0.4) is 0 Å². The Morgan fingerprint density at radius 1 is 1.53 bits per heavy atom. The first kappa shape index (κ1) is 11.0. The zero-order valence-corrected chi connectivity index (χ0v) is 8.10. The topological polar surface area (TPSA) is 87.2 Å². The van der Waals surface area contributed by atoms with Crippen molar-refractivity contribution < 1.29 is 9.90 Å². The molecular weight excluding hydrogens is 192 g/mol. The molecule has 0 radical (unpaired) electrons. The summed E-state index contributed by atoms with van der Waals surface area (Å²) in [6.07, 6.45) is 3.24. The Kier molecular flexibility index (Phi) is 3.62. The number of hydrogen-bond donors (Lipinski definition) is 3. The van der Waals surface area contributed by atoms with E-state index in [1.54, 1.807) is 30.4 Å². The standard InChI is InChI=1S/C11H12N2O2/c12-11(13)9-5-1-3-8(7-9)4-2-6-10(14)15/h1-5,7H,6H2,(H3,12,13)(H,14,15). The number of aliphatic carboxylic acids is 1. The maximum Gasteiger partial charge on any atom is 0.307 e. The molecule has 4 nitrogen and oxygen atoms in total. The van der Waals surface area contributed by atoms with Crippen LogP contribution >= 0.6 is 0 Å². The van der Waals surface area contributed by atoms with E-state index < -0.39 is 5.97 Å². The van der Waals surface area contributed by atoms with E-state index in [0.29, 0.717) is 5.56 Å². The highest BCUT2D eigenvalue weighted by Crippen LogP contribution is 2.06. The molecule has 0 saturated carbocycles. The van der Waals surface area contributed by atoms with Crippen LogP contribution in [0.5, 0.6) is 0 Å². The second-order valence-corrected chi connectivity index (χ2v) is 3.04. The molecule has 0 aromatic heterocycles. The molecule has 4 heteroatoms. The lowest BCUT2D eigenvalue weighted by Crippen LogP contribution is -2.10. The van der Waals surface area contributed by atoms with Crippen LogP contribution in [-0.4, -0.2) is 16.9 Å². The summed E-state index contributed by atoms with van der Waals surface area (Å²) < 4.78 is 0. The molecule has 78 valence electrons. The fraction of sp³-hybridized carbons (Fsp3) is 0.0909. The maximum atomic E-state index is 10.3. The van der Waals surface area contributed by atoms with E-state index in [1.807, 2.05) is 6.07 Å². The predicted octanol–water partition coefficient (Wildman–Crippen LogP) is 1.46. The van der Waals surface area contributed by atoms with Gasteiger partial charge in [-0.15, -0.1) is 0 Å². The van der Waals surface area contributed by atoms with Crippen LogP contribution in [0.2, 0.25) is 0 Å². The number of nitrogen functional groups attached to an aromatic ring is 1. The molecule has 1 aromatic rings. The van der Waals surface area contributed by atoms with Crippen molar-refractivity contribution in [1.29, 1.82) is 5.41 Å². The van der Waals surface area contributed by atoms with Gasteiger partial charge in [0.1, 0.15) is 5.84 Å². The lowest BCUT2D eigenvalue weighted by Gasteiger charge is -1.99. The van der Waals surface area contributed by atoms with Gasteiger partial charge in [0.2, 0.25) is 0 Å². The number of carbonyl (C=O) groups is 1. The molecule has 0 aliphatic heterocycles. The summed E-state index contributed by atoms with van der Waals surface area (Å²) >= 11 is 0. The quantitative estimate of drug-likeness (QED) is 0.512. The number of benzene rings is 1. The summed E-state index contributed by atoms with van der Waals surface area (Å²) in [5.74, 6) is -0.863. The summed E-state index contributed by atoms with van der Waals surface area (Å²) in [6, 6.07) is 7.07. The highest BCUT2D eigenvalue weighted by atomic mass is 16.4. The third-order valence-corrected chi connectivity index (χ3v) is 1.80. The first-order chi connectivity index (χ1) is 7.09. The third kappa shape index (κ3) is 3.64. The smallest absolute Gasteiger partial charge is 0.307 e. The second kappa shape index (κ2) is 4.95. The molecule has 0 spiro atoms. The molecule has 1 aromatic carbocycles. The van der Waals surface area contributed by atoms with Crippen LogP contribution in [0.15, 0.2) is 30.3 Å². The van der Waals surface area contributed by atoms with Crippen molar-refractivity contribution in [3.05, 3.63) is 41.5 Å². The molecule has 0 atom stereocenters. The average Bonchev–Trinajstić information content (AvgIpc) is 2.17. The first-order valence-corrected chi connectivity index (χ1v) is 4.42. The van der Waals surface area contributed by atoms with Crippen molar-refractivity contribution >= 4 is 17.9 Å². The highest BCUT2D eigenvalue weighted by Gasteiger charge is 1.96. The lowest BCUT2D eigenvalue weighted by atomic mass is 10.1. The largest absolute Gasteiger partial charge is 0.481 e. The van der Waals surface area contributed by atoms with Gasteiger partial charge in [0.25, 0.3) is 0 Å². The molecule has 0 bridgehead atoms. The van der Waals surface area contributed by atoms with Crippen LogP contribution in [0, 0.1) is 5.41 Å². The molecule has 4 N–H and O–H groups in total.